The van der Waals surface area contributed by atoms with Crippen LogP contribution in [0.1, 0.15) is 95.9 Å². The van der Waals surface area contributed by atoms with E-state index in [1.54, 1.807) is 10.7 Å². The number of rotatable bonds is 4. The normalized spacial score (nSPS) is 19.1. The molecule has 1 amide bonds. The molecule has 1 fully saturated rings. The van der Waals surface area contributed by atoms with Gasteiger partial charge >= 0.3 is 6.09 Å². The maximum Gasteiger partial charge on any atom is 0.411 e. The van der Waals surface area contributed by atoms with Gasteiger partial charge in [-0.2, -0.15) is 5.10 Å². The van der Waals surface area contributed by atoms with Gasteiger partial charge in [0.25, 0.3) is 0 Å². The fraction of sp³-hybridized carbons (Fsp3) is 0.667. The number of nitrogens with one attached hydrogen (secondary N) is 1. The minimum Gasteiger partial charge on any atom is -0.444 e. The lowest BCUT2D eigenvalue weighted by molar-refractivity contribution is -0.00132. The lowest BCUT2D eigenvalue weighted by atomic mass is 9.86. The Bertz CT molecular complexity index is 1020. The highest BCUT2D eigenvalue weighted by atomic mass is 16.6. The summed E-state index contributed by atoms with van der Waals surface area (Å²) in [6.45, 7) is 18.7. The van der Waals surface area contributed by atoms with Gasteiger partial charge < -0.3 is 10.1 Å². The zero-order valence-corrected chi connectivity index (χ0v) is 20.8. The number of ether oxygens (including phenoxy) is 1. The zero-order chi connectivity index (χ0) is 24.0. The average Bonchev–Trinajstić information content (AvgIpc) is 3.08. The molecule has 176 valence electrons. The van der Waals surface area contributed by atoms with Crippen molar-refractivity contribution in [2.75, 3.05) is 13.1 Å². The molecule has 0 saturated carbocycles. The number of amides is 1. The number of fused-ring (bicyclic) bond motifs is 1. The van der Waals surface area contributed by atoms with Crippen LogP contribution in [0.2, 0.25) is 0 Å². The van der Waals surface area contributed by atoms with Gasteiger partial charge in [-0.25, -0.2) is 14.3 Å². The second-order valence-electron chi connectivity index (χ2n) is 10.8. The van der Waals surface area contributed by atoms with E-state index in [-0.39, 0.29) is 17.6 Å². The van der Waals surface area contributed by atoms with Crippen LogP contribution >= 0.6 is 0 Å². The van der Waals surface area contributed by atoms with E-state index in [2.05, 4.69) is 49.2 Å². The van der Waals surface area contributed by atoms with Crippen LogP contribution < -0.4 is 5.32 Å². The summed E-state index contributed by atoms with van der Waals surface area (Å²) >= 11 is 0. The maximum absolute atomic E-state index is 13.8. The first-order chi connectivity index (χ1) is 14.7. The number of Topliss-reactive ketones (excluding diaryl/α,β-unsaturated/α-hetero) is 1. The lowest BCUT2D eigenvalue weighted by Crippen LogP contribution is -2.68. The molecule has 0 radical (unpaired) electrons. The molecule has 0 aliphatic carbocycles. The van der Waals surface area contributed by atoms with Crippen molar-refractivity contribution in [1.29, 1.82) is 0 Å². The van der Waals surface area contributed by atoms with E-state index in [0.717, 1.165) is 11.3 Å². The Labute approximate surface area is 190 Å². The predicted octanol–water partition coefficient (Wildman–Crippen LogP) is 4.15. The minimum atomic E-state index is -0.747. The number of aromatic nitrogens is 3. The maximum atomic E-state index is 13.8. The van der Waals surface area contributed by atoms with Gasteiger partial charge in [0.2, 0.25) is 5.78 Å². The van der Waals surface area contributed by atoms with Crippen LogP contribution in [0.4, 0.5) is 4.79 Å². The van der Waals surface area contributed by atoms with Crippen molar-refractivity contribution >= 4 is 17.5 Å². The average molecular weight is 444 g/mol. The van der Waals surface area contributed by atoms with E-state index in [9.17, 15) is 9.59 Å². The summed E-state index contributed by atoms with van der Waals surface area (Å²) in [6.07, 6.45) is 1.20. The Morgan fingerprint density at radius 1 is 1.19 bits per heavy atom. The van der Waals surface area contributed by atoms with E-state index >= 15 is 0 Å². The predicted molar refractivity (Wildman–Crippen MR) is 124 cm³/mol. The molecule has 1 aliphatic heterocycles. The largest absolute Gasteiger partial charge is 0.444 e. The van der Waals surface area contributed by atoms with Gasteiger partial charge in [-0.05, 0) is 52.5 Å². The van der Waals surface area contributed by atoms with Crippen LogP contribution in [0.5, 0.6) is 0 Å². The van der Waals surface area contributed by atoms with Crippen molar-refractivity contribution < 1.29 is 14.3 Å². The molecule has 0 spiro atoms. The van der Waals surface area contributed by atoms with Crippen molar-refractivity contribution in [3.05, 3.63) is 29.2 Å². The first kappa shape index (κ1) is 24.2. The Morgan fingerprint density at radius 2 is 1.84 bits per heavy atom. The van der Waals surface area contributed by atoms with Gasteiger partial charge in [0.1, 0.15) is 17.3 Å². The molecule has 0 aromatic carbocycles. The lowest BCUT2D eigenvalue weighted by Gasteiger charge is -2.45. The highest BCUT2D eigenvalue weighted by molar-refractivity contribution is 6.01. The summed E-state index contributed by atoms with van der Waals surface area (Å²) in [5.74, 6) is 0.261. The van der Waals surface area contributed by atoms with Gasteiger partial charge in [0.15, 0.2) is 5.65 Å². The van der Waals surface area contributed by atoms with Crippen LogP contribution in [0.25, 0.3) is 5.65 Å². The first-order valence-electron chi connectivity index (χ1n) is 11.4. The summed E-state index contributed by atoms with van der Waals surface area (Å²) in [5.41, 5.74) is 1.69. The topological polar surface area (TPSA) is 88.8 Å². The molecular formula is C24H37N5O3. The molecule has 8 heteroatoms. The fourth-order valence-electron chi connectivity index (χ4n) is 4.09. The Morgan fingerprint density at radius 3 is 2.41 bits per heavy atom. The van der Waals surface area contributed by atoms with Crippen molar-refractivity contribution in [2.24, 2.45) is 0 Å². The number of carbonyl (C=O) groups excluding carboxylic acids is 2. The molecule has 1 saturated heterocycles. The SMILES string of the molecule is CC(C)c1cc(C(C)C)c2nc(C(=O)C3N(C(=O)OC(C)(C)C)CCNC3(C)C)cn2n1. The molecule has 2 aromatic heterocycles. The summed E-state index contributed by atoms with van der Waals surface area (Å²) in [5, 5.41) is 8.06. The van der Waals surface area contributed by atoms with E-state index in [0.29, 0.717) is 24.4 Å². The van der Waals surface area contributed by atoms with Gasteiger partial charge in [0.05, 0.1) is 11.9 Å². The van der Waals surface area contributed by atoms with E-state index in [1.165, 1.54) is 4.90 Å². The molecule has 1 N–H and O–H groups in total. The number of ketones is 1. The zero-order valence-electron chi connectivity index (χ0n) is 20.8. The van der Waals surface area contributed by atoms with Crippen LogP contribution in [0.3, 0.4) is 0 Å². The third kappa shape index (κ3) is 4.80. The number of carbonyl (C=O) groups is 2. The van der Waals surface area contributed by atoms with Crippen LogP contribution in [0, 0.1) is 0 Å². The highest BCUT2D eigenvalue weighted by Gasteiger charge is 2.46. The number of piperazine rings is 1. The molecular weight excluding hydrogens is 406 g/mol. The molecule has 1 atom stereocenters. The van der Waals surface area contributed by atoms with Crippen molar-refractivity contribution in [1.82, 2.24) is 24.8 Å². The van der Waals surface area contributed by atoms with Gasteiger partial charge in [-0.3, -0.25) is 9.69 Å². The van der Waals surface area contributed by atoms with E-state index in [1.807, 2.05) is 34.6 Å². The van der Waals surface area contributed by atoms with Crippen LogP contribution in [-0.4, -0.2) is 61.6 Å². The second kappa shape index (κ2) is 8.46. The second-order valence-corrected chi connectivity index (χ2v) is 10.8. The molecule has 8 nitrogen and oxygen atoms in total. The molecule has 3 rings (SSSR count). The van der Waals surface area contributed by atoms with Gasteiger partial charge in [0, 0.05) is 24.2 Å². The minimum absolute atomic E-state index is 0.223. The van der Waals surface area contributed by atoms with Gasteiger partial charge in [-0.1, -0.05) is 27.7 Å². The fourth-order valence-corrected chi connectivity index (χ4v) is 4.09. The van der Waals surface area contributed by atoms with E-state index < -0.39 is 23.3 Å². The molecule has 3 heterocycles. The monoisotopic (exact) mass is 443 g/mol. The van der Waals surface area contributed by atoms with Crippen molar-refractivity contribution in [3.63, 3.8) is 0 Å². The molecule has 0 bridgehead atoms. The summed E-state index contributed by atoms with van der Waals surface area (Å²) in [7, 11) is 0. The van der Waals surface area contributed by atoms with Crippen molar-refractivity contribution in [2.45, 2.75) is 91.3 Å². The van der Waals surface area contributed by atoms with Crippen LogP contribution in [0.15, 0.2) is 12.3 Å². The van der Waals surface area contributed by atoms with Crippen molar-refractivity contribution in [3.8, 4) is 0 Å². The molecule has 2 aromatic rings. The Kier molecular flexibility index (Phi) is 6.39. The molecule has 32 heavy (non-hydrogen) atoms. The standard InChI is InChI=1S/C24H37N5O3/c1-14(2)16-12-17(15(3)4)27-29-13-18(26-21(16)29)19(30)20-24(8,9)25-10-11-28(20)22(31)32-23(5,6)7/h12-15,20,25H,10-11H2,1-9H3. The Balaban J connectivity index is 2.06. The first-order valence-corrected chi connectivity index (χ1v) is 11.4. The summed E-state index contributed by atoms with van der Waals surface area (Å²) < 4.78 is 7.31. The number of nitrogens with zero attached hydrogens (tertiary/aromatic N) is 4. The third-order valence-corrected chi connectivity index (χ3v) is 5.74. The smallest absolute Gasteiger partial charge is 0.411 e. The van der Waals surface area contributed by atoms with Gasteiger partial charge in [-0.15, -0.1) is 0 Å². The number of hydrogen-bond donors (Lipinski definition) is 1. The summed E-state index contributed by atoms with van der Waals surface area (Å²) in [4.78, 5) is 33.0. The number of hydrogen-bond acceptors (Lipinski definition) is 6. The third-order valence-electron chi connectivity index (χ3n) is 5.74. The molecule has 1 aliphatic rings. The van der Waals surface area contributed by atoms with Crippen LogP contribution in [-0.2, 0) is 4.74 Å². The quantitative estimate of drug-likeness (QED) is 0.714. The highest BCUT2D eigenvalue weighted by Crippen LogP contribution is 2.28. The molecule has 1 unspecified atom stereocenters. The summed E-state index contributed by atoms with van der Waals surface area (Å²) in [6, 6.07) is 1.33. The Hall–Kier alpha value is -2.48. The number of imidazole rings is 1. The van der Waals surface area contributed by atoms with E-state index in [4.69, 9.17) is 4.74 Å².